The minimum absolute atomic E-state index is 0.298. The van der Waals surface area contributed by atoms with Gasteiger partial charge in [-0.15, -0.1) is 0 Å². The molecule has 0 heterocycles. The molecule has 1 unspecified atom stereocenters. The molecule has 0 saturated carbocycles. The van der Waals surface area contributed by atoms with E-state index in [2.05, 4.69) is 12.2 Å². The molecule has 0 aliphatic rings. The van der Waals surface area contributed by atoms with E-state index in [1.165, 1.54) is 89.9 Å². The van der Waals surface area contributed by atoms with Gasteiger partial charge in [0.05, 0.1) is 0 Å². The Hall–Kier alpha value is -0.200. The number of hydrogen-bond acceptors (Lipinski definition) is 5. The second-order valence-electron chi connectivity index (χ2n) is 8.63. The normalized spacial score (nSPS) is 13.1. The summed E-state index contributed by atoms with van der Waals surface area (Å²) in [5.41, 5.74) is 5.47. The molecule has 0 radical (unpaired) electrons. The minimum Gasteiger partial charge on any atom is -0.331 e. The van der Waals surface area contributed by atoms with Crippen molar-refractivity contribution in [3.05, 3.63) is 0 Å². The highest BCUT2D eigenvalue weighted by molar-refractivity contribution is 4.71. The summed E-state index contributed by atoms with van der Waals surface area (Å²) in [6.45, 7) is 5.06. The van der Waals surface area contributed by atoms with Crippen LogP contribution >= 0.6 is 0 Å². The molecule has 0 aromatic heterocycles. The van der Waals surface area contributed by atoms with E-state index in [0.717, 1.165) is 32.5 Å². The van der Waals surface area contributed by atoms with Crippen molar-refractivity contribution in [3.8, 4) is 0 Å². The van der Waals surface area contributed by atoms with Crippen LogP contribution in [0.25, 0.3) is 0 Å². The van der Waals surface area contributed by atoms with E-state index in [1.807, 2.05) is 0 Å². The van der Waals surface area contributed by atoms with Gasteiger partial charge in [-0.05, 0) is 25.8 Å². The maximum absolute atomic E-state index is 5.69. The lowest BCUT2D eigenvalue weighted by Crippen LogP contribution is -2.44. The monoisotopic (exact) mass is 430 g/mol. The first kappa shape index (κ1) is 29.8. The molecule has 0 aromatic rings. The first-order chi connectivity index (χ1) is 14.7. The molecule has 1 atom stereocenters. The van der Waals surface area contributed by atoms with E-state index in [4.69, 9.17) is 19.9 Å². The summed E-state index contributed by atoms with van der Waals surface area (Å²) in [7, 11) is 5.10. The summed E-state index contributed by atoms with van der Waals surface area (Å²) in [4.78, 5) is 0. The third-order valence-electron chi connectivity index (χ3n) is 6.24. The number of hydrogen-bond donors (Lipinski definition) is 2. The lowest BCUT2D eigenvalue weighted by atomic mass is 9.91. The molecular formula is C25H54N2O3. The molecule has 5 heteroatoms. The van der Waals surface area contributed by atoms with E-state index in [1.54, 1.807) is 21.3 Å². The van der Waals surface area contributed by atoms with Crippen LogP contribution in [0.2, 0.25) is 0 Å². The average molecular weight is 431 g/mol. The Morgan fingerprint density at radius 1 is 0.633 bits per heavy atom. The van der Waals surface area contributed by atoms with Gasteiger partial charge >= 0.3 is 0 Å². The standard InChI is InChI=1S/C25H54N2O3/c1-5-6-7-13-16-19-24(25(28-2,29-3)30-4)20-17-14-11-9-8-10-12-15-18-22-27-23-21-26/h24,27H,5-23,26H2,1-4H3. The molecule has 3 N–H and O–H groups in total. The van der Waals surface area contributed by atoms with Crippen LogP contribution < -0.4 is 11.1 Å². The first-order valence-electron chi connectivity index (χ1n) is 12.8. The number of ether oxygens (including phenoxy) is 3. The number of methoxy groups -OCH3 is 3. The molecule has 0 aliphatic carbocycles. The summed E-state index contributed by atoms with van der Waals surface area (Å²) >= 11 is 0. The zero-order chi connectivity index (χ0) is 22.3. The van der Waals surface area contributed by atoms with Crippen molar-refractivity contribution in [1.82, 2.24) is 5.32 Å². The van der Waals surface area contributed by atoms with Gasteiger partial charge in [-0.2, -0.15) is 0 Å². The van der Waals surface area contributed by atoms with Crippen molar-refractivity contribution in [1.29, 1.82) is 0 Å². The molecule has 0 saturated heterocycles. The molecule has 0 spiro atoms. The molecular weight excluding hydrogens is 376 g/mol. The van der Waals surface area contributed by atoms with Gasteiger partial charge in [-0.3, -0.25) is 0 Å². The largest absolute Gasteiger partial charge is 0.331 e. The highest BCUT2D eigenvalue weighted by Crippen LogP contribution is 2.33. The fourth-order valence-corrected chi connectivity index (χ4v) is 4.35. The van der Waals surface area contributed by atoms with Gasteiger partial charge in [-0.1, -0.05) is 90.4 Å². The number of rotatable bonds is 24. The zero-order valence-corrected chi connectivity index (χ0v) is 20.8. The topological polar surface area (TPSA) is 65.7 Å². The summed E-state index contributed by atoms with van der Waals surface area (Å²) < 4.78 is 17.1. The molecule has 0 fully saturated rings. The molecule has 5 nitrogen and oxygen atoms in total. The van der Waals surface area contributed by atoms with E-state index >= 15 is 0 Å². The summed E-state index contributed by atoms with van der Waals surface area (Å²) in [6, 6.07) is 0. The fourth-order valence-electron chi connectivity index (χ4n) is 4.35. The van der Waals surface area contributed by atoms with Crippen LogP contribution in [-0.2, 0) is 14.2 Å². The highest BCUT2D eigenvalue weighted by atomic mass is 16.9. The molecule has 30 heavy (non-hydrogen) atoms. The molecule has 0 aliphatic heterocycles. The minimum atomic E-state index is -0.885. The maximum Gasteiger partial charge on any atom is 0.285 e. The summed E-state index contributed by atoms with van der Waals surface area (Å²) in [6.07, 6.45) is 20.6. The summed E-state index contributed by atoms with van der Waals surface area (Å²) in [5, 5.41) is 3.36. The predicted molar refractivity (Wildman–Crippen MR) is 129 cm³/mol. The SMILES string of the molecule is CCCCCCCC(CCCCCCCCCCCNCCN)C(OC)(OC)OC. The Bertz CT molecular complexity index is 330. The van der Waals surface area contributed by atoms with E-state index in [0.29, 0.717) is 5.92 Å². The fraction of sp³-hybridized carbons (Fsp3) is 1.00. The van der Waals surface area contributed by atoms with Crippen molar-refractivity contribution in [2.45, 2.75) is 116 Å². The molecule has 0 amide bonds. The summed E-state index contributed by atoms with van der Waals surface area (Å²) in [5.74, 6) is -0.587. The van der Waals surface area contributed by atoms with Crippen LogP contribution in [0.5, 0.6) is 0 Å². The van der Waals surface area contributed by atoms with Gasteiger partial charge in [0.15, 0.2) is 0 Å². The van der Waals surface area contributed by atoms with Crippen LogP contribution in [0.15, 0.2) is 0 Å². The van der Waals surface area contributed by atoms with Crippen molar-refractivity contribution < 1.29 is 14.2 Å². The van der Waals surface area contributed by atoms with Gasteiger partial charge in [0.1, 0.15) is 0 Å². The zero-order valence-electron chi connectivity index (χ0n) is 20.8. The quantitative estimate of drug-likeness (QED) is 0.145. The van der Waals surface area contributed by atoms with Crippen molar-refractivity contribution in [2.24, 2.45) is 11.7 Å². The number of nitrogens with one attached hydrogen (secondary N) is 1. The van der Waals surface area contributed by atoms with Crippen LogP contribution in [0.4, 0.5) is 0 Å². The Balaban J connectivity index is 3.93. The van der Waals surface area contributed by atoms with Crippen molar-refractivity contribution >= 4 is 0 Å². The van der Waals surface area contributed by atoms with Gasteiger partial charge in [-0.25, -0.2) is 0 Å². The third kappa shape index (κ3) is 14.7. The lowest BCUT2D eigenvalue weighted by Gasteiger charge is -2.36. The third-order valence-corrected chi connectivity index (χ3v) is 6.24. The Morgan fingerprint density at radius 3 is 1.50 bits per heavy atom. The lowest BCUT2D eigenvalue weighted by molar-refractivity contribution is -0.380. The van der Waals surface area contributed by atoms with E-state index in [-0.39, 0.29) is 0 Å². The average Bonchev–Trinajstić information content (AvgIpc) is 2.77. The van der Waals surface area contributed by atoms with Crippen molar-refractivity contribution in [2.75, 3.05) is 41.0 Å². The second kappa shape index (κ2) is 22.0. The number of unbranched alkanes of at least 4 members (excludes halogenated alkanes) is 12. The van der Waals surface area contributed by atoms with E-state index < -0.39 is 5.97 Å². The van der Waals surface area contributed by atoms with Crippen LogP contribution in [0.3, 0.4) is 0 Å². The van der Waals surface area contributed by atoms with E-state index in [9.17, 15) is 0 Å². The van der Waals surface area contributed by atoms with Gasteiger partial charge < -0.3 is 25.3 Å². The Kier molecular flexibility index (Phi) is 21.9. The molecule has 0 aromatic carbocycles. The van der Waals surface area contributed by atoms with Crippen LogP contribution in [0, 0.1) is 5.92 Å². The number of nitrogens with two attached hydrogens (primary N) is 1. The van der Waals surface area contributed by atoms with Gasteiger partial charge in [0, 0.05) is 40.3 Å². The maximum atomic E-state index is 5.69. The van der Waals surface area contributed by atoms with Gasteiger partial charge in [0.25, 0.3) is 5.97 Å². The van der Waals surface area contributed by atoms with Crippen molar-refractivity contribution in [3.63, 3.8) is 0 Å². The van der Waals surface area contributed by atoms with Crippen LogP contribution in [0.1, 0.15) is 110 Å². The van der Waals surface area contributed by atoms with Gasteiger partial charge in [0.2, 0.25) is 0 Å². The Morgan fingerprint density at radius 2 is 1.07 bits per heavy atom. The highest BCUT2D eigenvalue weighted by Gasteiger charge is 2.39. The second-order valence-corrected chi connectivity index (χ2v) is 8.63. The predicted octanol–water partition coefficient (Wildman–Crippen LogP) is 6.01. The smallest absolute Gasteiger partial charge is 0.285 e. The Labute approximate surface area is 188 Å². The molecule has 0 rings (SSSR count). The molecule has 182 valence electrons. The van der Waals surface area contributed by atoms with Crippen LogP contribution in [-0.4, -0.2) is 46.9 Å². The molecule has 0 bridgehead atoms. The first-order valence-corrected chi connectivity index (χ1v) is 12.8.